The predicted octanol–water partition coefficient (Wildman–Crippen LogP) is 2.94. The normalized spacial score (nSPS) is 10.2. The van der Waals surface area contributed by atoms with E-state index in [4.69, 9.17) is 10.5 Å². The van der Waals surface area contributed by atoms with Gasteiger partial charge in [0.2, 0.25) is 5.91 Å². The fourth-order valence-electron chi connectivity index (χ4n) is 1.95. The third-order valence-corrected chi connectivity index (χ3v) is 2.99. The number of hydrogen-bond donors (Lipinski definition) is 2. The van der Waals surface area contributed by atoms with E-state index in [9.17, 15) is 9.18 Å². The first-order chi connectivity index (χ1) is 10.1. The molecule has 5 heteroatoms. The van der Waals surface area contributed by atoms with Crippen LogP contribution in [0.2, 0.25) is 0 Å². The van der Waals surface area contributed by atoms with Crippen LogP contribution in [0.3, 0.4) is 0 Å². The summed E-state index contributed by atoms with van der Waals surface area (Å²) >= 11 is 0. The Kier molecular flexibility index (Phi) is 4.77. The first-order valence-electron chi connectivity index (χ1n) is 6.65. The highest BCUT2D eigenvalue weighted by Gasteiger charge is 2.08. The van der Waals surface area contributed by atoms with Gasteiger partial charge >= 0.3 is 0 Å². The van der Waals surface area contributed by atoms with Crippen molar-refractivity contribution in [2.45, 2.75) is 13.5 Å². The molecule has 0 aliphatic rings. The molecule has 2 rings (SSSR count). The third kappa shape index (κ3) is 3.72. The largest absolute Gasteiger partial charge is 0.492 e. The van der Waals surface area contributed by atoms with Gasteiger partial charge in [-0.3, -0.25) is 4.79 Å². The number of carbonyl (C=O) groups excluding carboxylic acids is 1. The highest BCUT2D eigenvalue weighted by molar-refractivity contribution is 5.92. The van der Waals surface area contributed by atoms with Crippen LogP contribution in [0.4, 0.5) is 10.1 Å². The van der Waals surface area contributed by atoms with Gasteiger partial charge in [0.25, 0.3) is 0 Å². The first kappa shape index (κ1) is 14.8. The number of halogens is 1. The SMILES string of the molecule is CCOc1ccccc1NCc1cc(C(N)=O)ccc1F. The molecule has 0 aliphatic heterocycles. The average molecular weight is 288 g/mol. The number of anilines is 1. The predicted molar refractivity (Wildman–Crippen MR) is 79.9 cm³/mol. The Morgan fingerprint density at radius 3 is 2.76 bits per heavy atom. The van der Waals surface area contributed by atoms with Gasteiger partial charge in [0.15, 0.2) is 0 Å². The molecule has 1 amide bonds. The molecule has 0 radical (unpaired) electrons. The quantitative estimate of drug-likeness (QED) is 0.859. The molecule has 0 bridgehead atoms. The maximum absolute atomic E-state index is 13.8. The van der Waals surface area contributed by atoms with Gasteiger partial charge in [-0.05, 0) is 37.3 Å². The lowest BCUT2D eigenvalue weighted by Gasteiger charge is -2.13. The molecule has 0 saturated heterocycles. The number of nitrogens with two attached hydrogens (primary N) is 1. The highest BCUT2D eigenvalue weighted by Crippen LogP contribution is 2.24. The van der Waals surface area contributed by atoms with E-state index in [1.54, 1.807) is 0 Å². The Morgan fingerprint density at radius 2 is 2.05 bits per heavy atom. The number of ether oxygens (including phenoxy) is 1. The molecule has 0 unspecified atom stereocenters. The number of primary amides is 1. The van der Waals surface area contributed by atoms with Crippen molar-refractivity contribution in [2.75, 3.05) is 11.9 Å². The number of rotatable bonds is 6. The summed E-state index contributed by atoms with van der Waals surface area (Å²) in [6.07, 6.45) is 0. The summed E-state index contributed by atoms with van der Waals surface area (Å²) in [6.45, 7) is 2.67. The molecular weight excluding hydrogens is 271 g/mol. The van der Waals surface area contributed by atoms with Crippen molar-refractivity contribution in [1.82, 2.24) is 0 Å². The van der Waals surface area contributed by atoms with E-state index in [-0.39, 0.29) is 17.9 Å². The number of hydrogen-bond acceptors (Lipinski definition) is 3. The highest BCUT2D eigenvalue weighted by atomic mass is 19.1. The van der Waals surface area contributed by atoms with Gasteiger partial charge in [-0.25, -0.2) is 4.39 Å². The van der Waals surface area contributed by atoms with E-state index in [1.165, 1.54) is 18.2 Å². The molecule has 4 nitrogen and oxygen atoms in total. The number of para-hydroxylation sites is 2. The maximum Gasteiger partial charge on any atom is 0.248 e. The monoisotopic (exact) mass is 288 g/mol. The van der Waals surface area contributed by atoms with E-state index in [0.717, 1.165) is 5.69 Å². The van der Waals surface area contributed by atoms with E-state index in [2.05, 4.69) is 5.32 Å². The zero-order chi connectivity index (χ0) is 15.2. The summed E-state index contributed by atoms with van der Waals surface area (Å²) in [7, 11) is 0. The van der Waals surface area contributed by atoms with Crippen molar-refractivity contribution in [1.29, 1.82) is 0 Å². The van der Waals surface area contributed by atoms with Crippen LogP contribution >= 0.6 is 0 Å². The summed E-state index contributed by atoms with van der Waals surface area (Å²) in [5.41, 5.74) is 6.63. The molecule has 2 aromatic carbocycles. The van der Waals surface area contributed by atoms with Crippen LogP contribution in [-0.4, -0.2) is 12.5 Å². The van der Waals surface area contributed by atoms with Crippen molar-refractivity contribution in [3.05, 3.63) is 59.4 Å². The molecule has 0 fully saturated rings. The van der Waals surface area contributed by atoms with E-state index in [0.29, 0.717) is 17.9 Å². The van der Waals surface area contributed by atoms with Crippen molar-refractivity contribution < 1.29 is 13.9 Å². The van der Waals surface area contributed by atoms with Crippen molar-refractivity contribution in [2.24, 2.45) is 5.73 Å². The molecule has 0 heterocycles. The van der Waals surface area contributed by atoms with Crippen LogP contribution in [0.1, 0.15) is 22.8 Å². The standard InChI is InChI=1S/C16H17FN2O2/c1-2-21-15-6-4-3-5-14(15)19-10-12-9-11(16(18)20)7-8-13(12)17/h3-9,19H,2,10H2,1H3,(H2,18,20). The number of carbonyl (C=O) groups is 1. The van der Waals surface area contributed by atoms with Gasteiger partial charge in [0, 0.05) is 17.7 Å². The minimum absolute atomic E-state index is 0.233. The Balaban J connectivity index is 2.16. The lowest BCUT2D eigenvalue weighted by atomic mass is 10.1. The smallest absolute Gasteiger partial charge is 0.248 e. The van der Waals surface area contributed by atoms with Gasteiger partial charge in [0.05, 0.1) is 12.3 Å². The lowest BCUT2D eigenvalue weighted by molar-refractivity contribution is 0.1000. The summed E-state index contributed by atoms with van der Waals surface area (Å²) < 4.78 is 19.2. The van der Waals surface area contributed by atoms with Gasteiger partial charge in [0.1, 0.15) is 11.6 Å². The zero-order valence-electron chi connectivity index (χ0n) is 11.7. The van der Waals surface area contributed by atoms with Gasteiger partial charge in [-0.15, -0.1) is 0 Å². The van der Waals surface area contributed by atoms with Crippen molar-refractivity contribution in [3.8, 4) is 5.75 Å². The van der Waals surface area contributed by atoms with Crippen LogP contribution in [0.5, 0.6) is 5.75 Å². The van der Waals surface area contributed by atoms with Crippen molar-refractivity contribution in [3.63, 3.8) is 0 Å². The second-order valence-corrected chi connectivity index (χ2v) is 4.45. The Morgan fingerprint density at radius 1 is 1.29 bits per heavy atom. The maximum atomic E-state index is 13.8. The molecule has 0 spiro atoms. The number of benzene rings is 2. The number of amides is 1. The molecule has 2 aromatic rings. The van der Waals surface area contributed by atoms with Crippen LogP contribution in [0, 0.1) is 5.82 Å². The molecule has 0 atom stereocenters. The molecule has 0 saturated carbocycles. The molecule has 3 N–H and O–H groups in total. The Bertz CT molecular complexity index is 644. The van der Waals surface area contributed by atoms with Gasteiger partial charge < -0.3 is 15.8 Å². The molecule has 0 aromatic heterocycles. The summed E-state index contributed by atoms with van der Waals surface area (Å²) in [5.74, 6) is -0.265. The minimum Gasteiger partial charge on any atom is -0.492 e. The Hall–Kier alpha value is -2.56. The molecular formula is C16H17FN2O2. The summed E-state index contributed by atoms with van der Waals surface area (Å²) in [4.78, 5) is 11.1. The van der Waals surface area contributed by atoms with Gasteiger partial charge in [-0.1, -0.05) is 12.1 Å². The van der Waals surface area contributed by atoms with Crippen LogP contribution in [0.25, 0.3) is 0 Å². The summed E-state index contributed by atoms with van der Waals surface area (Å²) in [5, 5.41) is 3.10. The molecule has 21 heavy (non-hydrogen) atoms. The van der Waals surface area contributed by atoms with Crippen LogP contribution in [-0.2, 0) is 6.54 Å². The van der Waals surface area contributed by atoms with Gasteiger partial charge in [-0.2, -0.15) is 0 Å². The van der Waals surface area contributed by atoms with E-state index >= 15 is 0 Å². The van der Waals surface area contributed by atoms with Crippen LogP contribution < -0.4 is 15.8 Å². The van der Waals surface area contributed by atoms with Crippen molar-refractivity contribution >= 4 is 11.6 Å². The molecule has 0 aliphatic carbocycles. The second kappa shape index (κ2) is 6.74. The average Bonchev–Trinajstić information content (AvgIpc) is 2.48. The topological polar surface area (TPSA) is 64.3 Å². The lowest BCUT2D eigenvalue weighted by Crippen LogP contribution is -2.12. The van der Waals surface area contributed by atoms with Crippen LogP contribution in [0.15, 0.2) is 42.5 Å². The first-order valence-corrected chi connectivity index (χ1v) is 6.65. The van der Waals surface area contributed by atoms with E-state index < -0.39 is 5.91 Å². The minimum atomic E-state index is -0.578. The number of nitrogens with one attached hydrogen (secondary N) is 1. The van der Waals surface area contributed by atoms with E-state index in [1.807, 2.05) is 31.2 Å². The Labute approximate surface area is 122 Å². The fourth-order valence-corrected chi connectivity index (χ4v) is 1.95. The fraction of sp³-hybridized carbons (Fsp3) is 0.188. The second-order valence-electron chi connectivity index (χ2n) is 4.45. The molecule has 110 valence electrons. The third-order valence-electron chi connectivity index (χ3n) is 2.99. The summed E-state index contributed by atoms with van der Waals surface area (Å²) in [6, 6.07) is 11.5. The zero-order valence-corrected chi connectivity index (χ0v) is 11.7.